The smallest absolute Gasteiger partial charge is 0.313 e. The van der Waals surface area contributed by atoms with Crippen LogP contribution < -0.4 is 15.5 Å². The van der Waals surface area contributed by atoms with Gasteiger partial charge in [0.05, 0.1) is 12.0 Å². The number of anilines is 2. The number of aryl methyl sites for hydroxylation is 3. The Balaban J connectivity index is 1.45. The molecule has 0 aliphatic carbocycles. The van der Waals surface area contributed by atoms with Crippen LogP contribution in [0.3, 0.4) is 0 Å². The van der Waals surface area contributed by atoms with Crippen molar-refractivity contribution in [3.63, 3.8) is 0 Å². The Morgan fingerprint density at radius 2 is 1.91 bits per heavy atom. The lowest BCUT2D eigenvalue weighted by atomic mass is 9.99. The molecule has 2 aromatic heterocycles. The standard InChI is InChI=1S/C26H31N5O4/c1-16(2)26(34)30-11-5-7-19-9-10-20(14-21(19)30)28-25(33)24(32)27-15-22(23-8-6-12-35-23)31-18(4)13-17(3)29-31/h6,8-10,12-14,16,22H,5,7,11,15H2,1-4H3,(H,27,32)(H,28,33). The molecule has 4 rings (SSSR count). The molecule has 1 aromatic carbocycles. The summed E-state index contributed by atoms with van der Waals surface area (Å²) in [6, 6.07) is 10.6. The number of nitrogens with zero attached hydrogens (tertiary/aromatic N) is 3. The third-order valence-corrected chi connectivity index (χ3v) is 6.10. The molecule has 0 fully saturated rings. The van der Waals surface area contributed by atoms with Crippen molar-refractivity contribution in [1.29, 1.82) is 0 Å². The van der Waals surface area contributed by atoms with Gasteiger partial charge in [0, 0.05) is 36.1 Å². The van der Waals surface area contributed by atoms with Crippen molar-refractivity contribution >= 4 is 29.1 Å². The maximum absolute atomic E-state index is 12.7. The van der Waals surface area contributed by atoms with Crippen molar-refractivity contribution in [3.05, 3.63) is 65.4 Å². The highest BCUT2D eigenvalue weighted by atomic mass is 16.3. The quantitative estimate of drug-likeness (QED) is 0.529. The molecular formula is C26H31N5O4. The Kier molecular flexibility index (Phi) is 7.04. The number of rotatable bonds is 6. The van der Waals surface area contributed by atoms with E-state index in [-0.39, 0.29) is 18.4 Å². The summed E-state index contributed by atoms with van der Waals surface area (Å²) in [5, 5.41) is 9.86. The Morgan fingerprint density at radius 1 is 1.11 bits per heavy atom. The van der Waals surface area contributed by atoms with Crippen LogP contribution in [-0.4, -0.2) is 40.6 Å². The number of fused-ring (bicyclic) bond motifs is 1. The molecule has 9 heteroatoms. The molecule has 0 saturated heterocycles. The number of nitrogens with one attached hydrogen (secondary N) is 2. The normalized spacial score (nSPS) is 13.9. The van der Waals surface area contributed by atoms with E-state index in [2.05, 4.69) is 15.7 Å². The van der Waals surface area contributed by atoms with Gasteiger partial charge in [0.25, 0.3) is 0 Å². The van der Waals surface area contributed by atoms with Crippen LogP contribution in [0.25, 0.3) is 0 Å². The predicted molar refractivity (Wildman–Crippen MR) is 132 cm³/mol. The van der Waals surface area contributed by atoms with E-state index in [4.69, 9.17) is 4.42 Å². The summed E-state index contributed by atoms with van der Waals surface area (Å²) in [6.45, 7) is 8.32. The van der Waals surface area contributed by atoms with E-state index in [9.17, 15) is 14.4 Å². The number of carbonyl (C=O) groups is 3. The lowest BCUT2D eigenvalue weighted by Gasteiger charge is -2.31. The second kappa shape index (κ2) is 10.2. The number of aromatic nitrogens is 2. The largest absolute Gasteiger partial charge is 0.467 e. The number of carbonyl (C=O) groups excluding carboxylic acids is 3. The van der Waals surface area contributed by atoms with Gasteiger partial charge in [-0.1, -0.05) is 19.9 Å². The summed E-state index contributed by atoms with van der Waals surface area (Å²) in [7, 11) is 0. The molecular weight excluding hydrogens is 446 g/mol. The molecule has 1 unspecified atom stereocenters. The van der Waals surface area contributed by atoms with Crippen LogP contribution >= 0.6 is 0 Å². The number of benzene rings is 1. The minimum Gasteiger partial charge on any atom is -0.467 e. The van der Waals surface area contributed by atoms with E-state index in [1.807, 2.05) is 45.9 Å². The lowest BCUT2D eigenvalue weighted by Crippen LogP contribution is -2.39. The fraction of sp³-hybridized carbons (Fsp3) is 0.385. The van der Waals surface area contributed by atoms with E-state index in [0.29, 0.717) is 18.0 Å². The highest BCUT2D eigenvalue weighted by Gasteiger charge is 2.26. The molecule has 184 valence electrons. The number of hydrogen-bond acceptors (Lipinski definition) is 5. The minimum absolute atomic E-state index is 0.0419. The summed E-state index contributed by atoms with van der Waals surface area (Å²) in [4.78, 5) is 39.7. The zero-order valence-electron chi connectivity index (χ0n) is 20.5. The van der Waals surface area contributed by atoms with E-state index >= 15 is 0 Å². The van der Waals surface area contributed by atoms with Gasteiger partial charge < -0.3 is 20.0 Å². The van der Waals surface area contributed by atoms with Crippen molar-refractivity contribution in [1.82, 2.24) is 15.1 Å². The van der Waals surface area contributed by atoms with Gasteiger partial charge in [-0.15, -0.1) is 0 Å². The van der Waals surface area contributed by atoms with Crippen LogP contribution in [0.15, 0.2) is 47.1 Å². The number of hydrogen-bond donors (Lipinski definition) is 2. The average Bonchev–Trinajstić information content (AvgIpc) is 3.48. The molecule has 9 nitrogen and oxygen atoms in total. The molecule has 1 aliphatic heterocycles. The maximum Gasteiger partial charge on any atom is 0.313 e. The van der Waals surface area contributed by atoms with E-state index in [1.165, 1.54) is 0 Å². The third-order valence-electron chi connectivity index (χ3n) is 6.10. The van der Waals surface area contributed by atoms with Crippen LogP contribution in [0.2, 0.25) is 0 Å². The Bertz CT molecular complexity index is 1230. The molecule has 0 radical (unpaired) electrons. The highest BCUT2D eigenvalue weighted by molar-refractivity contribution is 6.39. The van der Waals surface area contributed by atoms with Gasteiger partial charge in [-0.3, -0.25) is 19.1 Å². The molecule has 1 atom stereocenters. The van der Waals surface area contributed by atoms with Gasteiger partial charge in [0.1, 0.15) is 11.8 Å². The second-order valence-electron chi connectivity index (χ2n) is 9.16. The van der Waals surface area contributed by atoms with Crippen molar-refractivity contribution in [2.45, 2.75) is 46.6 Å². The van der Waals surface area contributed by atoms with Gasteiger partial charge in [0.15, 0.2) is 0 Å². The average molecular weight is 478 g/mol. The van der Waals surface area contributed by atoms with Crippen LogP contribution in [0, 0.1) is 19.8 Å². The summed E-state index contributed by atoms with van der Waals surface area (Å²) in [6.07, 6.45) is 3.32. The number of furan rings is 1. The van der Waals surface area contributed by atoms with Gasteiger partial charge in [-0.2, -0.15) is 5.10 Å². The Hall–Kier alpha value is -3.88. The maximum atomic E-state index is 12.7. The molecule has 35 heavy (non-hydrogen) atoms. The van der Waals surface area contributed by atoms with Crippen LogP contribution in [-0.2, 0) is 20.8 Å². The molecule has 0 saturated carbocycles. The number of amides is 3. The fourth-order valence-corrected chi connectivity index (χ4v) is 4.40. The molecule has 3 amide bonds. The van der Waals surface area contributed by atoms with E-state index in [0.717, 1.165) is 35.5 Å². The predicted octanol–water partition coefficient (Wildman–Crippen LogP) is 3.37. The summed E-state index contributed by atoms with van der Waals surface area (Å²) >= 11 is 0. The van der Waals surface area contributed by atoms with Gasteiger partial charge in [-0.25, -0.2) is 0 Å². The van der Waals surface area contributed by atoms with Gasteiger partial charge in [0.2, 0.25) is 5.91 Å². The van der Waals surface area contributed by atoms with Crippen LogP contribution in [0.1, 0.15) is 49.0 Å². The molecule has 3 heterocycles. The first-order chi connectivity index (χ1) is 16.7. The van der Waals surface area contributed by atoms with Crippen LogP contribution in [0.5, 0.6) is 0 Å². The summed E-state index contributed by atoms with van der Waals surface area (Å²) in [5.74, 6) is -1.01. The Labute approximate surface area is 204 Å². The van der Waals surface area contributed by atoms with Crippen molar-refractivity contribution in [2.24, 2.45) is 5.92 Å². The topological polar surface area (TPSA) is 109 Å². The first-order valence-corrected chi connectivity index (χ1v) is 11.8. The monoisotopic (exact) mass is 477 g/mol. The van der Waals surface area contributed by atoms with Crippen molar-refractivity contribution in [3.8, 4) is 0 Å². The molecule has 1 aliphatic rings. The highest BCUT2D eigenvalue weighted by Crippen LogP contribution is 2.31. The van der Waals surface area contributed by atoms with Gasteiger partial charge in [-0.05, 0) is 62.6 Å². The summed E-state index contributed by atoms with van der Waals surface area (Å²) in [5.41, 5.74) is 4.07. The first-order valence-electron chi connectivity index (χ1n) is 11.8. The zero-order chi connectivity index (χ0) is 25.1. The molecule has 0 bridgehead atoms. The minimum atomic E-state index is -0.783. The molecule has 2 N–H and O–H groups in total. The van der Waals surface area contributed by atoms with Crippen molar-refractivity contribution in [2.75, 3.05) is 23.3 Å². The third kappa shape index (κ3) is 5.29. The molecule has 0 spiro atoms. The fourth-order valence-electron chi connectivity index (χ4n) is 4.40. The van der Waals surface area contributed by atoms with Crippen LogP contribution in [0.4, 0.5) is 11.4 Å². The SMILES string of the molecule is Cc1cc(C)n(C(CNC(=O)C(=O)Nc2ccc3c(c2)N(C(=O)C(C)C)CCC3)c2ccco2)n1. The lowest BCUT2D eigenvalue weighted by molar-refractivity contribution is -0.136. The first kappa shape index (κ1) is 24.3. The van der Waals surface area contributed by atoms with E-state index < -0.39 is 17.9 Å². The summed E-state index contributed by atoms with van der Waals surface area (Å²) < 4.78 is 7.33. The Morgan fingerprint density at radius 3 is 2.57 bits per heavy atom. The zero-order valence-corrected chi connectivity index (χ0v) is 20.5. The van der Waals surface area contributed by atoms with Crippen molar-refractivity contribution < 1.29 is 18.8 Å². The second-order valence-corrected chi connectivity index (χ2v) is 9.16. The van der Waals surface area contributed by atoms with E-state index in [1.54, 1.807) is 34.0 Å². The van der Waals surface area contributed by atoms with Gasteiger partial charge >= 0.3 is 11.8 Å². The molecule has 3 aromatic rings.